The lowest BCUT2D eigenvalue weighted by molar-refractivity contribution is -0.142. The zero-order valence-electron chi connectivity index (χ0n) is 15.0. The number of fused-ring (bicyclic) bond motifs is 1. The van der Waals surface area contributed by atoms with Gasteiger partial charge in [0, 0.05) is 5.92 Å². The normalized spacial score (nSPS) is 30.4. The number of oxime groups is 1. The summed E-state index contributed by atoms with van der Waals surface area (Å²) in [6.45, 7) is 3.88. The average molecular weight is 351 g/mol. The second-order valence-corrected chi connectivity index (χ2v) is 7.12. The zero-order valence-corrected chi connectivity index (χ0v) is 15.0. The Morgan fingerprint density at radius 2 is 2.08 bits per heavy atom. The molecular weight excluding hydrogens is 322 g/mol. The van der Waals surface area contributed by atoms with E-state index in [1.807, 2.05) is 0 Å². The molecule has 0 saturated heterocycles. The third-order valence-electron chi connectivity index (χ3n) is 5.55. The molecule has 0 bridgehead atoms. The first-order valence-corrected chi connectivity index (χ1v) is 9.23. The highest BCUT2D eigenvalue weighted by Gasteiger charge is 2.51. The Hall–Kier alpha value is -1.58. The van der Waals surface area contributed by atoms with Gasteiger partial charge in [0.2, 0.25) is 6.61 Å². The molecule has 5 unspecified atom stereocenters. The molecule has 0 heterocycles. The molecule has 0 radical (unpaired) electrons. The SMILES string of the molecule is CCC(CC)CCC(O)C#CC1C(O)CC2C(=NOCC(=O)O)CC21. The van der Waals surface area contributed by atoms with Crippen LogP contribution >= 0.6 is 0 Å². The van der Waals surface area contributed by atoms with Crippen molar-refractivity contribution in [2.75, 3.05) is 6.61 Å². The van der Waals surface area contributed by atoms with Crippen molar-refractivity contribution in [3.8, 4) is 11.8 Å². The highest BCUT2D eigenvalue weighted by atomic mass is 16.6. The first kappa shape index (κ1) is 19.7. The molecule has 2 saturated carbocycles. The molecule has 2 rings (SSSR count). The Bertz CT molecular complexity index is 546. The van der Waals surface area contributed by atoms with Gasteiger partial charge in [-0.2, -0.15) is 0 Å². The standard InChI is InChI=1S/C19H29NO5/c1-3-12(4-2)5-6-13(21)7-8-14-15-9-17(16(15)10-18(14)22)20-25-11-19(23)24/h12-16,18,21-22H,3-6,9-11H2,1-2H3,(H,23,24). The molecule has 140 valence electrons. The number of carbonyl (C=O) groups is 1. The number of nitrogens with zero attached hydrogens (tertiary/aromatic N) is 1. The van der Waals surface area contributed by atoms with Gasteiger partial charge in [-0.15, -0.1) is 0 Å². The van der Waals surface area contributed by atoms with Crippen LogP contribution in [0.1, 0.15) is 52.4 Å². The van der Waals surface area contributed by atoms with Gasteiger partial charge >= 0.3 is 5.97 Å². The van der Waals surface area contributed by atoms with Crippen LogP contribution in [0, 0.1) is 35.5 Å². The van der Waals surface area contributed by atoms with E-state index in [4.69, 9.17) is 9.94 Å². The second-order valence-electron chi connectivity index (χ2n) is 7.12. The molecule has 2 aliphatic carbocycles. The number of hydrogen-bond donors (Lipinski definition) is 3. The fourth-order valence-electron chi connectivity index (χ4n) is 3.84. The molecule has 0 aromatic carbocycles. The average Bonchev–Trinajstić information content (AvgIpc) is 2.81. The van der Waals surface area contributed by atoms with Crippen LogP contribution in [0.3, 0.4) is 0 Å². The molecule has 0 aromatic rings. The van der Waals surface area contributed by atoms with E-state index >= 15 is 0 Å². The molecule has 6 nitrogen and oxygen atoms in total. The van der Waals surface area contributed by atoms with E-state index in [9.17, 15) is 15.0 Å². The first-order valence-electron chi connectivity index (χ1n) is 9.23. The molecule has 25 heavy (non-hydrogen) atoms. The molecule has 0 aromatic heterocycles. The predicted molar refractivity (Wildman–Crippen MR) is 93.8 cm³/mol. The Kier molecular flexibility index (Phi) is 7.27. The van der Waals surface area contributed by atoms with Gasteiger partial charge < -0.3 is 20.2 Å². The number of hydrogen-bond acceptors (Lipinski definition) is 5. The molecule has 0 aliphatic heterocycles. The van der Waals surface area contributed by atoms with Gasteiger partial charge in [-0.05, 0) is 37.5 Å². The van der Waals surface area contributed by atoms with Gasteiger partial charge in [-0.25, -0.2) is 4.79 Å². The molecule has 5 atom stereocenters. The van der Waals surface area contributed by atoms with E-state index in [-0.39, 0.29) is 17.8 Å². The van der Waals surface area contributed by atoms with Crippen LogP contribution in [0.15, 0.2) is 5.16 Å². The molecule has 0 spiro atoms. The predicted octanol–water partition coefficient (Wildman–Crippen LogP) is 2.04. The molecular formula is C19H29NO5. The monoisotopic (exact) mass is 351 g/mol. The van der Waals surface area contributed by atoms with E-state index in [1.54, 1.807) is 0 Å². The largest absolute Gasteiger partial charge is 0.479 e. The molecule has 6 heteroatoms. The fraction of sp³-hybridized carbons (Fsp3) is 0.789. The summed E-state index contributed by atoms with van der Waals surface area (Å²) in [5.41, 5.74) is 0.809. The summed E-state index contributed by atoms with van der Waals surface area (Å²) < 4.78 is 0. The number of carboxylic acids is 1. The smallest absolute Gasteiger partial charge is 0.344 e. The van der Waals surface area contributed by atoms with Crippen molar-refractivity contribution >= 4 is 11.7 Å². The topological polar surface area (TPSA) is 99.4 Å². The van der Waals surface area contributed by atoms with E-state index < -0.39 is 24.8 Å². The van der Waals surface area contributed by atoms with Gasteiger partial charge in [0.05, 0.1) is 17.7 Å². The van der Waals surface area contributed by atoms with Crippen LogP contribution < -0.4 is 0 Å². The molecule has 2 aliphatic rings. The fourth-order valence-corrected chi connectivity index (χ4v) is 3.84. The summed E-state index contributed by atoms with van der Waals surface area (Å²) in [4.78, 5) is 15.2. The van der Waals surface area contributed by atoms with Gasteiger partial charge in [-0.1, -0.05) is 43.7 Å². The van der Waals surface area contributed by atoms with Crippen molar-refractivity contribution in [3.05, 3.63) is 0 Å². The number of rotatable bonds is 8. The van der Waals surface area contributed by atoms with Crippen LogP contribution in [0.5, 0.6) is 0 Å². The summed E-state index contributed by atoms with van der Waals surface area (Å²) in [5, 5.41) is 32.7. The third kappa shape index (κ3) is 5.20. The second kappa shape index (κ2) is 9.21. The van der Waals surface area contributed by atoms with Gasteiger partial charge in [0.25, 0.3) is 0 Å². The number of aliphatic hydroxyl groups is 2. The summed E-state index contributed by atoms with van der Waals surface area (Å²) in [6, 6.07) is 0. The van der Waals surface area contributed by atoms with Crippen molar-refractivity contribution in [1.82, 2.24) is 0 Å². The lowest BCUT2D eigenvalue weighted by Gasteiger charge is -2.33. The first-order chi connectivity index (χ1) is 12.0. The Morgan fingerprint density at radius 3 is 2.72 bits per heavy atom. The zero-order chi connectivity index (χ0) is 18.4. The van der Waals surface area contributed by atoms with Crippen LogP contribution in [0.2, 0.25) is 0 Å². The van der Waals surface area contributed by atoms with E-state index in [0.717, 1.165) is 25.0 Å². The van der Waals surface area contributed by atoms with Gasteiger partial charge in [-0.3, -0.25) is 0 Å². The van der Waals surface area contributed by atoms with Crippen molar-refractivity contribution in [2.45, 2.75) is 64.6 Å². The van der Waals surface area contributed by atoms with Crippen LogP contribution in [-0.2, 0) is 9.63 Å². The summed E-state index contributed by atoms with van der Waals surface area (Å²) in [7, 11) is 0. The van der Waals surface area contributed by atoms with Crippen LogP contribution in [0.25, 0.3) is 0 Å². The van der Waals surface area contributed by atoms with E-state index in [2.05, 4.69) is 30.8 Å². The number of aliphatic carboxylic acids is 1. The van der Waals surface area contributed by atoms with Crippen molar-refractivity contribution in [3.63, 3.8) is 0 Å². The summed E-state index contributed by atoms with van der Waals surface area (Å²) in [5.74, 6) is 5.76. The van der Waals surface area contributed by atoms with Gasteiger partial charge in [0.1, 0.15) is 6.10 Å². The van der Waals surface area contributed by atoms with Crippen molar-refractivity contribution < 1.29 is 25.0 Å². The number of carboxylic acid groups (broad SMARTS) is 1. The summed E-state index contributed by atoms with van der Waals surface area (Å²) in [6.07, 6.45) is 3.96. The lowest BCUT2D eigenvalue weighted by atomic mass is 9.71. The van der Waals surface area contributed by atoms with Crippen molar-refractivity contribution in [1.29, 1.82) is 0 Å². The highest BCUT2D eigenvalue weighted by molar-refractivity contribution is 5.93. The van der Waals surface area contributed by atoms with Crippen LogP contribution in [-0.4, -0.2) is 45.8 Å². The van der Waals surface area contributed by atoms with E-state index in [1.165, 1.54) is 0 Å². The maximum atomic E-state index is 10.4. The molecule has 0 amide bonds. The molecule has 3 N–H and O–H groups in total. The number of aliphatic hydroxyl groups excluding tert-OH is 2. The highest BCUT2D eigenvalue weighted by Crippen LogP contribution is 2.48. The minimum atomic E-state index is -1.06. The minimum absolute atomic E-state index is 0.116. The quantitative estimate of drug-likeness (QED) is 0.459. The van der Waals surface area contributed by atoms with Gasteiger partial charge in [0.15, 0.2) is 0 Å². The van der Waals surface area contributed by atoms with Crippen molar-refractivity contribution in [2.24, 2.45) is 28.8 Å². The maximum Gasteiger partial charge on any atom is 0.344 e. The lowest BCUT2D eigenvalue weighted by Crippen LogP contribution is -2.36. The Labute approximate surface area is 149 Å². The maximum absolute atomic E-state index is 10.4. The van der Waals surface area contributed by atoms with E-state index in [0.29, 0.717) is 25.2 Å². The molecule has 2 fully saturated rings. The summed E-state index contributed by atoms with van der Waals surface area (Å²) >= 11 is 0. The van der Waals surface area contributed by atoms with Crippen LogP contribution in [0.4, 0.5) is 0 Å². The third-order valence-corrected chi connectivity index (χ3v) is 5.55. The Balaban J connectivity index is 1.83. The minimum Gasteiger partial charge on any atom is -0.479 e. The Morgan fingerprint density at radius 1 is 1.36 bits per heavy atom.